The summed E-state index contributed by atoms with van der Waals surface area (Å²) in [6, 6.07) is 6.85. The first-order chi connectivity index (χ1) is 15.6. The molecule has 6 nitrogen and oxygen atoms in total. The Bertz CT molecular complexity index is 1180. The van der Waals surface area contributed by atoms with Crippen LogP contribution in [-0.4, -0.2) is 49.9 Å². The van der Waals surface area contributed by atoms with Crippen molar-refractivity contribution in [3.05, 3.63) is 65.7 Å². The molecule has 0 aliphatic carbocycles. The smallest absolute Gasteiger partial charge is 0.416 e. The first-order valence-electron chi connectivity index (χ1n) is 9.87. The Hall–Kier alpha value is -3.18. The lowest BCUT2D eigenvalue weighted by molar-refractivity contribution is -0.137. The standard InChI is InChI=1S/C22H18F4N4O2S/c23-18-9-13(1-3-16(18)19-11-29-20(27)12-28-19)15-4-2-14(22(24,25)26)10-17(15)21(31)30-5-7-33(32)8-6-30/h1-4,9-12H,5-8H2,(H2,27,29). The molecule has 2 N–H and O–H groups in total. The van der Waals surface area contributed by atoms with Crippen molar-refractivity contribution < 1.29 is 26.9 Å². The Balaban J connectivity index is 1.75. The molecule has 0 saturated carbocycles. The van der Waals surface area contributed by atoms with Gasteiger partial charge in [-0.1, -0.05) is 23.3 Å². The fraction of sp³-hybridized carbons (Fsp3) is 0.227. The third kappa shape index (κ3) is 4.93. The van der Waals surface area contributed by atoms with Crippen molar-refractivity contribution in [1.29, 1.82) is 0 Å². The molecule has 1 aliphatic rings. The summed E-state index contributed by atoms with van der Waals surface area (Å²) in [6.45, 7) is 0.342. The Labute approximate surface area is 189 Å². The van der Waals surface area contributed by atoms with E-state index in [2.05, 4.69) is 9.97 Å². The van der Waals surface area contributed by atoms with Crippen LogP contribution < -0.4 is 5.73 Å². The van der Waals surface area contributed by atoms with Crippen LogP contribution in [0.4, 0.5) is 23.4 Å². The molecule has 0 unspecified atom stereocenters. The van der Waals surface area contributed by atoms with Gasteiger partial charge < -0.3 is 15.2 Å². The van der Waals surface area contributed by atoms with Crippen molar-refractivity contribution in [1.82, 2.24) is 14.9 Å². The summed E-state index contributed by atoms with van der Waals surface area (Å²) in [7, 11) is 0. The maximum absolute atomic E-state index is 14.9. The lowest BCUT2D eigenvalue weighted by atomic mass is 9.95. The van der Waals surface area contributed by atoms with E-state index < -0.39 is 34.6 Å². The number of nitrogens with zero attached hydrogens (tertiary/aromatic N) is 3. The molecule has 0 bridgehead atoms. The lowest BCUT2D eigenvalue weighted by Crippen LogP contribution is -2.43. The molecule has 1 aliphatic heterocycles. The molecule has 0 spiro atoms. The van der Waals surface area contributed by atoms with Gasteiger partial charge in [-0.25, -0.2) is 9.37 Å². The van der Waals surface area contributed by atoms with Crippen LogP contribution in [-0.2, 0) is 17.4 Å². The van der Waals surface area contributed by atoms with E-state index in [1.54, 1.807) is 0 Å². The summed E-state index contributed by atoms with van der Waals surface area (Å²) in [5.41, 5.74) is 5.08. The number of alkyl halides is 3. The van der Waals surface area contributed by atoms with Crippen molar-refractivity contribution in [3.8, 4) is 22.4 Å². The van der Waals surface area contributed by atoms with Gasteiger partial charge in [0.2, 0.25) is 0 Å². The minimum Gasteiger partial charge on any atom is -0.616 e. The number of amides is 1. The van der Waals surface area contributed by atoms with Crippen LogP contribution in [0.1, 0.15) is 15.9 Å². The number of anilines is 1. The normalized spacial score (nSPS) is 15.0. The molecule has 0 atom stereocenters. The Morgan fingerprint density at radius 2 is 1.73 bits per heavy atom. The Morgan fingerprint density at radius 3 is 2.33 bits per heavy atom. The van der Waals surface area contributed by atoms with E-state index in [0.29, 0.717) is 0 Å². The van der Waals surface area contributed by atoms with E-state index in [0.717, 1.165) is 24.3 Å². The topological polar surface area (TPSA) is 95.2 Å². The van der Waals surface area contributed by atoms with Crippen LogP contribution in [0, 0.1) is 5.82 Å². The second kappa shape index (κ2) is 8.99. The third-order valence-corrected chi connectivity index (χ3v) is 6.55. The van der Waals surface area contributed by atoms with Crippen LogP contribution in [0.3, 0.4) is 0 Å². The van der Waals surface area contributed by atoms with Crippen LogP contribution in [0.25, 0.3) is 22.4 Å². The van der Waals surface area contributed by atoms with Gasteiger partial charge in [0.05, 0.1) is 36.7 Å². The number of aromatic nitrogens is 2. The molecular weight excluding hydrogens is 460 g/mol. The summed E-state index contributed by atoms with van der Waals surface area (Å²) in [6.07, 6.45) is -2.07. The lowest BCUT2D eigenvalue weighted by Gasteiger charge is -2.29. The molecule has 4 rings (SSSR count). The van der Waals surface area contributed by atoms with E-state index in [-0.39, 0.29) is 58.4 Å². The predicted molar refractivity (Wildman–Crippen MR) is 116 cm³/mol. The summed E-state index contributed by atoms with van der Waals surface area (Å²) in [5.74, 6) is -0.622. The van der Waals surface area contributed by atoms with Gasteiger partial charge in [-0.15, -0.1) is 0 Å². The zero-order valence-electron chi connectivity index (χ0n) is 17.1. The predicted octanol–water partition coefficient (Wildman–Crippen LogP) is 3.76. The number of hydrogen-bond acceptors (Lipinski definition) is 5. The van der Waals surface area contributed by atoms with Crippen LogP contribution >= 0.6 is 0 Å². The summed E-state index contributed by atoms with van der Waals surface area (Å²) in [5, 5.41) is 0. The highest BCUT2D eigenvalue weighted by Crippen LogP contribution is 2.35. The number of nitrogen functional groups attached to an aromatic ring is 1. The molecule has 172 valence electrons. The summed E-state index contributed by atoms with van der Waals surface area (Å²) >= 11 is -1.06. The highest BCUT2D eigenvalue weighted by molar-refractivity contribution is 7.91. The SMILES string of the molecule is Nc1cnc(-c2ccc(-c3ccc(C(F)(F)F)cc3C(=O)N3CC[S+]([O-])CC3)cc2F)cn1. The molecule has 1 fully saturated rings. The number of hydrogen-bond donors (Lipinski definition) is 1. The van der Waals surface area contributed by atoms with Gasteiger partial charge in [0.15, 0.2) is 0 Å². The van der Waals surface area contributed by atoms with E-state index in [1.807, 2.05) is 0 Å². The maximum Gasteiger partial charge on any atom is 0.416 e. The third-order valence-electron chi connectivity index (χ3n) is 5.27. The van der Waals surface area contributed by atoms with Gasteiger partial charge in [-0.2, -0.15) is 13.2 Å². The van der Waals surface area contributed by atoms with Crippen molar-refractivity contribution in [2.45, 2.75) is 6.18 Å². The van der Waals surface area contributed by atoms with Crippen LogP contribution in [0.15, 0.2) is 48.8 Å². The summed E-state index contributed by atoms with van der Waals surface area (Å²) < 4.78 is 66.6. The molecule has 1 aromatic heterocycles. The second-order valence-electron chi connectivity index (χ2n) is 7.42. The molecule has 3 aromatic rings. The Kier molecular flexibility index (Phi) is 6.26. The zero-order chi connectivity index (χ0) is 23.8. The molecular formula is C22H18F4N4O2S. The monoisotopic (exact) mass is 478 g/mol. The van der Waals surface area contributed by atoms with Crippen molar-refractivity contribution in [3.63, 3.8) is 0 Å². The van der Waals surface area contributed by atoms with Gasteiger partial charge in [0.1, 0.15) is 23.1 Å². The van der Waals surface area contributed by atoms with Crippen LogP contribution in [0.2, 0.25) is 0 Å². The minimum atomic E-state index is -4.65. The largest absolute Gasteiger partial charge is 0.616 e. The number of carbonyl (C=O) groups is 1. The zero-order valence-corrected chi connectivity index (χ0v) is 17.9. The number of rotatable bonds is 3. The average Bonchev–Trinajstić information content (AvgIpc) is 2.79. The van der Waals surface area contributed by atoms with Crippen molar-refractivity contribution >= 4 is 22.9 Å². The molecule has 11 heteroatoms. The van der Waals surface area contributed by atoms with Gasteiger partial charge in [-0.05, 0) is 35.4 Å². The highest BCUT2D eigenvalue weighted by atomic mass is 32.2. The van der Waals surface area contributed by atoms with E-state index >= 15 is 0 Å². The van der Waals surface area contributed by atoms with E-state index in [9.17, 15) is 26.9 Å². The number of benzene rings is 2. The first-order valence-corrected chi connectivity index (χ1v) is 11.4. The molecule has 1 amide bonds. The maximum atomic E-state index is 14.9. The second-order valence-corrected chi connectivity index (χ2v) is 9.12. The minimum absolute atomic E-state index is 0.129. The van der Waals surface area contributed by atoms with E-state index in [1.165, 1.54) is 29.4 Å². The fourth-order valence-electron chi connectivity index (χ4n) is 3.53. The van der Waals surface area contributed by atoms with Crippen molar-refractivity contribution in [2.24, 2.45) is 0 Å². The Morgan fingerprint density at radius 1 is 1.03 bits per heavy atom. The molecule has 2 heterocycles. The number of nitrogens with two attached hydrogens (primary N) is 1. The van der Waals surface area contributed by atoms with Gasteiger partial charge in [0, 0.05) is 11.1 Å². The number of halogens is 4. The number of carbonyl (C=O) groups excluding carboxylic acids is 1. The first kappa shape index (κ1) is 23.0. The quantitative estimate of drug-likeness (QED) is 0.457. The van der Waals surface area contributed by atoms with Gasteiger partial charge >= 0.3 is 6.18 Å². The van der Waals surface area contributed by atoms with Crippen LogP contribution in [0.5, 0.6) is 0 Å². The molecule has 2 aromatic carbocycles. The van der Waals surface area contributed by atoms with Gasteiger partial charge in [0.25, 0.3) is 5.91 Å². The molecule has 33 heavy (non-hydrogen) atoms. The molecule has 0 radical (unpaired) electrons. The van der Waals surface area contributed by atoms with E-state index in [4.69, 9.17) is 5.73 Å². The average molecular weight is 478 g/mol. The van der Waals surface area contributed by atoms with Crippen molar-refractivity contribution in [2.75, 3.05) is 30.3 Å². The fourth-order valence-corrected chi connectivity index (χ4v) is 4.58. The van der Waals surface area contributed by atoms with Gasteiger partial charge in [-0.3, -0.25) is 9.78 Å². The summed E-state index contributed by atoms with van der Waals surface area (Å²) in [4.78, 5) is 22.4. The molecule has 1 saturated heterocycles. The highest BCUT2D eigenvalue weighted by Gasteiger charge is 2.33.